The van der Waals surface area contributed by atoms with Gasteiger partial charge in [0.1, 0.15) is 11.6 Å². The van der Waals surface area contributed by atoms with Crippen LogP contribution in [-0.4, -0.2) is 32.8 Å². The van der Waals surface area contributed by atoms with E-state index in [9.17, 15) is 18.0 Å². The number of aromatic amines is 1. The van der Waals surface area contributed by atoms with Gasteiger partial charge in [0.05, 0.1) is 11.3 Å². The molecule has 0 spiro atoms. The van der Waals surface area contributed by atoms with Crippen molar-refractivity contribution in [2.24, 2.45) is 0 Å². The van der Waals surface area contributed by atoms with E-state index in [1.165, 1.54) is 12.1 Å². The molecule has 0 amide bonds. The van der Waals surface area contributed by atoms with E-state index in [1.807, 2.05) is 4.90 Å². The van der Waals surface area contributed by atoms with Gasteiger partial charge in [-0.05, 0) is 18.2 Å². The number of H-pyrrole nitrogens is 1. The highest BCUT2D eigenvalue weighted by atomic mass is 19.4. The number of halogens is 3. The first-order valence-corrected chi connectivity index (χ1v) is 8.97. The van der Waals surface area contributed by atoms with Gasteiger partial charge in [0.25, 0.3) is 5.56 Å². The fourth-order valence-corrected chi connectivity index (χ4v) is 3.36. The molecule has 0 atom stereocenters. The van der Waals surface area contributed by atoms with Gasteiger partial charge in [-0.3, -0.25) is 14.7 Å². The van der Waals surface area contributed by atoms with Crippen LogP contribution in [-0.2, 0) is 19.5 Å². The molecule has 0 radical (unpaired) electrons. The molecule has 0 fully saturated rings. The van der Waals surface area contributed by atoms with Crippen molar-refractivity contribution in [3.8, 4) is 17.1 Å². The molecule has 6 nitrogen and oxygen atoms in total. The van der Waals surface area contributed by atoms with Crippen LogP contribution in [0.3, 0.4) is 0 Å². The van der Waals surface area contributed by atoms with Crippen LogP contribution in [0.1, 0.15) is 16.8 Å². The van der Waals surface area contributed by atoms with E-state index >= 15 is 0 Å². The number of nitrogens with zero attached hydrogens (tertiary/aromatic N) is 3. The van der Waals surface area contributed by atoms with Crippen molar-refractivity contribution in [3.05, 3.63) is 76.0 Å². The number of benzene rings is 1. The lowest BCUT2D eigenvalue weighted by molar-refractivity contribution is -0.275. The number of alkyl halides is 3. The average molecular weight is 402 g/mol. The molecular formula is C20H17F3N4O2. The molecule has 0 unspecified atom stereocenters. The zero-order chi connectivity index (χ0) is 20.4. The van der Waals surface area contributed by atoms with Crippen LogP contribution in [0.4, 0.5) is 13.2 Å². The molecule has 9 heteroatoms. The van der Waals surface area contributed by atoms with Gasteiger partial charge in [-0.15, -0.1) is 13.2 Å². The highest BCUT2D eigenvalue weighted by Gasteiger charge is 2.32. The molecule has 0 aliphatic carbocycles. The summed E-state index contributed by atoms with van der Waals surface area (Å²) < 4.78 is 42.0. The topological polar surface area (TPSA) is 71.1 Å². The van der Waals surface area contributed by atoms with Crippen molar-refractivity contribution < 1.29 is 17.9 Å². The Balaban J connectivity index is 1.55. The Morgan fingerprint density at radius 3 is 2.66 bits per heavy atom. The molecule has 2 aromatic heterocycles. The lowest BCUT2D eigenvalue weighted by Crippen LogP contribution is -2.35. The predicted octanol–water partition coefficient (Wildman–Crippen LogP) is 3.29. The summed E-state index contributed by atoms with van der Waals surface area (Å²) >= 11 is 0. The van der Waals surface area contributed by atoms with Gasteiger partial charge in [-0.25, -0.2) is 4.98 Å². The van der Waals surface area contributed by atoms with E-state index in [1.54, 1.807) is 36.7 Å². The summed E-state index contributed by atoms with van der Waals surface area (Å²) in [7, 11) is 0. The van der Waals surface area contributed by atoms with Gasteiger partial charge in [0.15, 0.2) is 0 Å². The quantitative estimate of drug-likeness (QED) is 0.725. The van der Waals surface area contributed by atoms with E-state index in [-0.39, 0.29) is 17.9 Å². The number of para-hydroxylation sites is 1. The third-order valence-electron chi connectivity index (χ3n) is 4.69. The molecule has 4 rings (SSSR count). The van der Waals surface area contributed by atoms with Crippen molar-refractivity contribution in [3.63, 3.8) is 0 Å². The van der Waals surface area contributed by atoms with E-state index in [4.69, 9.17) is 0 Å². The van der Waals surface area contributed by atoms with Crippen LogP contribution in [0.15, 0.2) is 53.6 Å². The maximum atomic E-state index is 12.6. The van der Waals surface area contributed by atoms with Crippen LogP contribution in [0.25, 0.3) is 11.4 Å². The standard InChI is InChI=1S/C20H17F3N4O2/c21-20(22,23)29-17-4-2-1-3-14(17)11-27-10-7-16-15(12-27)19(28)26-18(25-16)13-5-8-24-9-6-13/h1-6,8-9H,7,10-12H2,(H,25,26,28). The van der Waals surface area contributed by atoms with Crippen molar-refractivity contribution in [2.45, 2.75) is 25.9 Å². The van der Waals surface area contributed by atoms with E-state index in [2.05, 4.69) is 19.7 Å². The van der Waals surface area contributed by atoms with Crippen LogP contribution in [0.5, 0.6) is 5.75 Å². The Bertz CT molecular complexity index is 1070. The van der Waals surface area contributed by atoms with Gasteiger partial charge in [0.2, 0.25) is 0 Å². The Morgan fingerprint density at radius 1 is 1.14 bits per heavy atom. The Morgan fingerprint density at radius 2 is 1.90 bits per heavy atom. The van der Waals surface area contributed by atoms with Gasteiger partial charge < -0.3 is 9.72 Å². The number of nitrogens with one attached hydrogen (secondary N) is 1. The minimum Gasteiger partial charge on any atom is -0.405 e. The summed E-state index contributed by atoms with van der Waals surface area (Å²) in [5, 5.41) is 0. The second kappa shape index (κ2) is 7.67. The third-order valence-corrected chi connectivity index (χ3v) is 4.69. The van der Waals surface area contributed by atoms with Gasteiger partial charge in [0, 0.05) is 49.6 Å². The van der Waals surface area contributed by atoms with Crippen molar-refractivity contribution in [1.82, 2.24) is 19.9 Å². The van der Waals surface area contributed by atoms with Gasteiger partial charge in [-0.2, -0.15) is 0 Å². The molecule has 3 aromatic rings. The summed E-state index contributed by atoms with van der Waals surface area (Å²) in [4.78, 5) is 25.8. The van der Waals surface area contributed by atoms with Crippen molar-refractivity contribution >= 4 is 0 Å². The smallest absolute Gasteiger partial charge is 0.405 e. The first-order valence-electron chi connectivity index (χ1n) is 8.97. The normalized spacial score (nSPS) is 14.4. The SMILES string of the molecule is O=c1[nH]c(-c2ccncc2)nc2c1CN(Cc1ccccc1OC(F)(F)F)CC2. The van der Waals surface area contributed by atoms with Gasteiger partial charge >= 0.3 is 6.36 Å². The number of hydrogen-bond acceptors (Lipinski definition) is 5. The fraction of sp³-hybridized carbons (Fsp3) is 0.250. The molecule has 150 valence electrons. The molecule has 1 N–H and O–H groups in total. The first kappa shape index (κ1) is 19.1. The summed E-state index contributed by atoms with van der Waals surface area (Å²) in [5.41, 5.74) is 2.16. The molecule has 0 saturated heterocycles. The fourth-order valence-electron chi connectivity index (χ4n) is 3.36. The molecule has 0 saturated carbocycles. The Kier molecular flexibility index (Phi) is 5.06. The zero-order valence-electron chi connectivity index (χ0n) is 15.2. The monoisotopic (exact) mass is 402 g/mol. The molecule has 0 bridgehead atoms. The number of aromatic nitrogens is 3. The molecule has 1 aliphatic heterocycles. The zero-order valence-corrected chi connectivity index (χ0v) is 15.2. The molecule has 3 heterocycles. The van der Waals surface area contributed by atoms with Crippen molar-refractivity contribution in [1.29, 1.82) is 0 Å². The predicted molar refractivity (Wildman–Crippen MR) is 99.0 cm³/mol. The summed E-state index contributed by atoms with van der Waals surface area (Å²) in [6, 6.07) is 9.55. The molecule has 29 heavy (non-hydrogen) atoms. The van der Waals surface area contributed by atoms with Gasteiger partial charge in [-0.1, -0.05) is 18.2 Å². The minimum absolute atomic E-state index is 0.231. The molecule has 1 aliphatic rings. The lowest BCUT2D eigenvalue weighted by atomic mass is 10.1. The minimum atomic E-state index is -4.75. The van der Waals surface area contributed by atoms with E-state index < -0.39 is 6.36 Å². The van der Waals surface area contributed by atoms with E-state index in [0.29, 0.717) is 42.2 Å². The summed E-state index contributed by atoms with van der Waals surface area (Å²) in [6.07, 6.45) is -0.984. The number of fused-ring (bicyclic) bond motifs is 1. The molecular weight excluding hydrogens is 385 g/mol. The van der Waals surface area contributed by atoms with Crippen LogP contribution >= 0.6 is 0 Å². The highest BCUT2D eigenvalue weighted by Crippen LogP contribution is 2.28. The maximum absolute atomic E-state index is 12.6. The van der Waals surface area contributed by atoms with E-state index in [0.717, 1.165) is 5.56 Å². The second-order valence-corrected chi connectivity index (χ2v) is 6.69. The first-order chi connectivity index (χ1) is 13.9. The van der Waals surface area contributed by atoms with Crippen LogP contribution in [0.2, 0.25) is 0 Å². The molecule has 1 aromatic carbocycles. The Labute approximate surface area is 164 Å². The number of ether oxygens (including phenoxy) is 1. The third kappa shape index (κ3) is 4.45. The van der Waals surface area contributed by atoms with Crippen molar-refractivity contribution in [2.75, 3.05) is 6.54 Å². The highest BCUT2D eigenvalue weighted by molar-refractivity contribution is 5.54. The number of hydrogen-bond donors (Lipinski definition) is 1. The second-order valence-electron chi connectivity index (χ2n) is 6.69. The van der Waals surface area contributed by atoms with Crippen LogP contribution < -0.4 is 10.3 Å². The number of pyridine rings is 1. The average Bonchev–Trinajstić information content (AvgIpc) is 2.69. The summed E-state index contributed by atoms with van der Waals surface area (Å²) in [6.45, 7) is 1.10. The Hall–Kier alpha value is -3.20. The lowest BCUT2D eigenvalue weighted by Gasteiger charge is -2.28. The number of rotatable bonds is 4. The maximum Gasteiger partial charge on any atom is 0.573 e. The summed E-state index contributed by atoms with van der Waals surface area (Å²) in [5.74, 6) is 0.249. The largest absolute Gasteiger partial charge is 0.573 e. The van der Waals surface area contributed by atoms with Crippen LogP contribution in [0, 0.1) is 0 Å².